The molecule has 0 saturated carbocycles. The van der Waals surface area contributed by atoms with Gasteiger partial charge in [-0.2, -0.15) is 0 Å². The molecule has 0 atom stereocenters. The van der Waals surface area contributed by atoms with Gasteiger partial charge >= 0.3 is 0 Å². The molecular formula is C14H17F2N3. The Balaban J connectivity index is 2.33. The van der Waals surface area contributed by atoms with Crippen molar-refractivity contribution in [2.24, 2.45) is 12.8 Å². The normalized spacial score (nSPS) is 11.0. The molecule has 102 valence electrons. The highest BCUT2D eigenvalue weighted by molar-refractivity contribution is 5.27. The van der Waals surface area contributed by atoms with E-state index < -0.39 is 11.6 Å². The summed E-state index contributed by atoms with van der Waals surface area (Å²) in [5.41, 5.74) is 7.77. The summed E-state index contributed by atoms with van der Waals surface area (Å²) in [5, 5.41) is 0. The second-order valence-corrected chi connectivity index (χ2v) is 4.57. The second-order valence-electron chi connectivity index (χ2n) is 4.57. The van der Waals surface area contributed by atoms with Gasteiger partial charge in [-0.25, -0.2) is 13.8 Å². The number of aromatic nitrogens is 2. The Morgan fingerprint density at radius 3 is 2.68 bits per heavy atom. The van der Waals surface area contributed by atoms with E-state index >= 15 is 0 Å². The van der Waals surface area contributed by atoms with Crippen LogP contribution < -0.4 is 5.73 Å². The minimum atomic E-state index is -0.563. The van der Waals surface area contributed by atoms with Gasteiger partial charge in [0, 0.05) is 31.6 Å². The summed E-state index contributed by atoms with van der Waals surface area (Å²) in [6.07, 6.45) is 1.08. The second kappa shape index (κ2) is 5.48. The van der Waals surface area contributed by atoms with E-state index in [0.29, 0.717) is 24.9 Å². The van der Waals surface area contributed by atoms with Crippen molar-refractivity contribution in [3.8, 4) is 0 Å². The van der Waals surface area contributed by atoms with E-state index in [1.165, 1.54) is 12.1 Å². The van der Waals surface area contributed by atoms with E-state index in [1.54, 1.807) is 0 Å². The summed E-state index contributed by atoms with van der Waals surface area (Å²) in [4.78, 5) is 4.43. The van der Waals surface area contributed by atoms with Gasteiger partial charge in [0.05, 0.1) is 5.69 Å². The lowest BCUT2D eigenvalue weighted by Crippen LogP contribution is -2.09. The summed E-state index contributed by atoms with van der Waals surface area (Å²) >= 11 is 0. The maximum Gasteiger partial charge on any atom is 0.129 e. The molecule has 0 spiro atoms. The molecule has 2 aromatic rings. The van der Waals surface area contributed by atoms with Gasteiger partial charge < -0.3 is 10.3 Å². The van der Waals surface area contributed by atoms with Crippen molar-refractivity contribution in [2.45, 2.75) is 19.8 Å². The summed E-state index contributed by atoms with van der Waals surface area (Å²) in [6.45, 7) is 2.41. The van der Waals surface area contributed by atoms with Crippen molar-refractivity contribution in [3.05, 3.63) is 52.6 Å². The van der Waals surface area contributed by atoms with E-state index in [4.69, 9.17) is 5.73 Å². The number of hydrogen-bond donors (Lipinski definition) is 1. The predicted molar refractivity (Wildman–Crippen MR) is 69.9 cm³/mol. The predicted octanol–water partition coefficient (Wildman–Crippen LogP) is 2.10. The number of halogens is 2. The lowest BCUT2D eigenvalue weighted by atomic mass is 10.1. The zero-order chi connectivity index (χ0) is 14.0. The molecule has 0 radical (unpaired) electrons. The van der Waals surface area contributed by atoms with Crippen LogP contribution in [0.25, 0.3) is 0 Å². The first-order chi connectivity index (χ1) is 9.02. The molecule has 1 aromatic heterocycles. The highest BCUT2D eigenvalue weighted by Gasteiger charge is 2.13. The van der Waals surface area contributed by atoms with Crippen LogP contribution in [0.2, 0.25) is 0 Å². The quantitative estimate of drug-likeness (QED) is 0.920. The van der Waals surface area contributed by atoms with Crippen molar-refractivity contribution in [3.63, 3.8) is 0 Å². The molecule has 0 bridgehead atoms. The summed E-state index contributed by atoms with van der Waals surface area (Å²) < 4.78 is 28.5. The molecule has 2 N–H and O–H groups in total. The number of nitrogens with two attached hydrogens (primary N) is 1. The summed E-state index contributed by atoms with van der Waals surface area (Å²) in [5.74, 6) is -0.203. The molecule has 19 heavy (non-hydrogen) atoms. The first-order valence-corrected chi connectivity index (χ1v) is 6.18. The smallest absolute Gasteiger partial charge is 0.129 e. The van der Waals surface area contributed by atoms with Crippen LogP contribution in [0.4, 0.5) is 8.78 Å². The van der Waals surface area contributed by atoms with Gasteiger partial charge in [-0.3, -0.25) is 0 Å². The lowest BCUT2D eigenvalue weighted by molar-refractivity contribution is 0.573. The Morgan fingerprint density at radius 2 is 2.05 bits per heavy atom. The Labute approximate surface area is 111 Å². The number of imidazole rings is 1. The van der Waals surface area contributed by atoms with E-state index in [1.807, 2.05) is 18.5 Å². The van der Waals surface area contributed by atoms with Gasteiger partial charge in [0.2, 0.25) is 0 Å². The Kier molecular flexibility index (Phi) is 3.95. The molecule has 0 aliphatic heterocycles. The molecule has 2 rings (SSSR count). The molecule has 0 aliphatic carbocycles. The van der Waals surface area contributed by atoms with Gasteiger partial charge in [0.15, 0.2) is 0 Å². The third-order valence-electron chi connectivity index (χ3n) is 3.25. The lowest BCUT2D eigenvalue weighted by Gasteiger charge is -2.07. The van der Waals surface area contributed by atoms with Crippen LogP contribution in [-0.2, 0) is 19.9 Å². The van der Waals surface area contributed by atoms with Crippen LogP contribution in [-0.4, -0.2) is 16.1 Å². The monoisotopic (exact) mass is 265 g/mol. The molecule has 0 amide bonds. The maximum absolute atomic E-state index is 13.7. The van der Waals surface area contributed by atoms with Gasteiger partial charge in [-0.1, -0.05) is 6.07 Å². The number of benzene rings is 1. The minimum Gasteiger partial charge on any atom is -0.334 e. The average Bonchev–Trinajstić information content (AvgIpc) is 2.60. The van der Waals surface area contributed by atoms with Crippen molar-refractivity contribution in [1.29, 1.82) is 0 Å². The van der Waals surface area contributed by atoms with Gasteiger partial charge in [-0.15, -0.1) is 0 Å². The molecule has 0 fully saturated rings. The van der Waals surface area contributed by atoms with Crippen LogP contribution in [0, 0.1) is 18.6 Å². The van der Waals surface area contributed by atoms with Crippen LogP contribution in [0.5, 0.6) is 0 Å². The highest BCUT2D eigenvalue weighted by atomic mass is 19.1. The Hall–Kier alpha value is -1.75. The SMILES string of the molecule is Cc1nc(CCN)n(C)c1Cc1ccc(F)cc1F. The standard InChI is InChI=1S/C14H17F2N3/c1-9-13(19(2)14(18-9)5-6-17)7-10-3-4-11(15)8-12(10)16/h3-4,8H,5-7,17H2,1-2H3. The number of hydrogen-bond acceptors (Lipinski definition) is 2. The zero-order valence-corrected chi connectivity index (χ0v) is 11.1. The van der Waals surface area contributed by atoms with Gasteiger partial charge in [0.25, 0.3) is 0 Å². The van der Waals surface area contributed by atoms with Crippen LogP contribution in [0.15, 0.2) is 18.2 Å². The van der Waals surface area contributed by atoms with Crippen LogP contribution in [0.3, 0.4) is 0 Å². The third kappa shape index (κ3) is 2.81. The molecule has 1 aromatic carbocycles. The van der Waals surface area contributed by atoms with Gasteiger partial charge in [-0.05, 0) is 25.1 Å². The summed E-state index contributed by atoms with van der Waals surface area (Å²) in [6, 6.07) is 3.65. The van der Waals surface area contributed by atoms with Crippen molar-refractivity contribution in [2.75, 3.05) is 6.54 Å². The molecule has 0 aliphatic rings. The first-order valence-electron chi connectivity index (χ1n) is 6.18. The van der Waals surface area contributed by atoms with Crippen LogP contribution >= 0.6 is 0 Å². The first kappa shape index (κ1) is 13.7. The van der Waals surface area contributed by atoms with E-state index in [-0.39, 0.29) is 0 Å². The fourth-order valence-electron chi connectivity index (χ4n) is 2.18. The molecule has 0 saturated heterocycles. The molecule has 1 heterocycles. The fourth-order valence-corrected chi connectivity index (χ4v) is 2.18. The number of nitrogens with zero attached hydrogens (tertiary/aromatic N) is 2. The highest BCUT2D eigenvalue weighted by Crippen LogP contribution is 2.18. The third-order valence-corrected chi connectivity index (χ3v) is 3.25. The van der Waals surface area contributed by atoms with Crippen LogP contribution in [0.1, 0.15) is 22.8 Å². The minimum absolute atomic E-state index is 0.395. The topological polar surface area (TPSA) is 43.8 Å². The molecular weight excluding hydrogens is 248 g/mol. The summed E-state index contributed by atoms with van der Waals surface area (Å²) in [7, 11) is 1.89. The fraction of sp³-hybridized carbons (Fsp3) is 0.357. The average molecular weight is 265 g/mol. The largest absolute Gasteiger partial charge is 0.334 e. The molecule has 3 nitrogen and oxygen atoms in total. The Morgan fingerprint density at radius 1 is 1.32 bits per heavy atom. The van der Waals surface area contributed by atoms with Crippen molar-refractivity contribution >= 4 is 0 Å². The Bertz CT molecular complexity index is 591. The molecule has 0 unspecified atom stereocenters. The number of rotatable bonds is 4. The molecule has 5 heteroatoms. The zero-order valence-electron chi connectivity index (χ0n) is 11.1. The van der Waals surface area contributed by atoms with E-state index in [0.717, 1.165) is 23.3 Å². The van der Waals surface area contributed by atoms with E-state index in [2.05, 4.69) is 4.98 Å². The van der Waals surface area contributed by atoms with Crippen molar-refractivity contribution in [1.82, 2.24) is 9.55 Å². The van der Waals surface area contributed by atoms with E-state index in [9.17, 15) is 8.78 Å². The van der Waals surface area contributed by atoms with Gasteiger partial charge in [0.1, 0.15) is 17.5 Å². The maximum atomic E-state index is 13.7. The number of aryl methyl sites for hydroxylation is 1. The van der Waals surface area contributed by atoms with Crippen molar-refractivity contribution < 1.29 is 8.78 Å².